The Kier molecular flexibility index (Phi) is 5.31. The standard InChI is InChI=1S/C22H24N4O3/c1-16-20(23-19-5-3-4-10-26(19)21(16)27)29-15-17-6-8-18(9-7-17)22(28)25-13-11-24(2)12-14-25/h3-10H,11-15H2,1-2H3. The molecular formula is C22H24N4O3. The van der Waals surface area contributed by atoms with Gasteiger partial charge in [-0.05, 0) is 43.8 Å². The first kappa shape index (κ1) is 19.1. The number of nitrogens with zero attached hydrogens (tertiary/aromatic N) is 4. The Morgan fingerprint density at radius 1 is 1.07 bits per heavy atom. The summed E-state index contributed by atoms with van der Waals surface area (Å²) in [5.74, 6) is 0.393. The molecule has 1 saturated heterocycles. The van der Waals surface area contributed by atoms with Gasteiger partial charge in [0, 0.05) is 37.9 Å². The second-order valence-corrected chi connectivity index (χ2v) is 7.36. The van der Waals surface area contributed by atoms with E-state index in [1.165, 1.54) is 4.40 Å². The van der Waals surface area contributed by atoms with Crippen molar-refractivity contribution in [3.8, 4) is 5.88 Å². The quantitative estimate of drug-likeness (QED) is 0.679. The monoisotopic (exact) mass is 392 g/mol. The van der Waals surface area contributed by atoms with Crippen LogP contribution in [-0.2, 0) is 6.61 Å². The van der Waals surface area contributed by atoms with Crippen molar-refractivity contribution in [2.75, 3.05) is 33.2 Å². The van der Waals surface area contributed by atoms with Crippen molar-refractivity contribution < 1.29 is 9.53 Å². The number of aromatic nitrogens is 2. The number of likely N-dealkylation sites (N-methyl/N-ethyl adjacent to an activating group) is 1. The predicted octanol–water partition coefficient (Wildman–Crippen LogP) is 1.97. The molecule has 1 aliphatic heterocycles. The van der Waals surface area contributed by atoms with E-state index < -0.39 is 0 Å². The van der Waals surface area contributed by atoms with Crippen LogP contribution in [0.5, 0.6) is 5.88 Å². The minimum absolute atomic E-state index is 0.0608. The van der Waals surface area contributed by atoms with E-state index in [2.05, 4.69) is 16.9 Å². The highest BCUT2D eigenvalue weighted by Gasteiger charge is 2.20. The smallest absolute Gasteiger partial charge is 0.264 e. The summed E-state index contributed by atoms with van der Waals surface area (Å²) in [4.78, 5) is 33.6. The summed E-state index contributed by atoms with van der Waals surface area (Å²) in [7, 11) is 2.07. The van der Waals surface area contributed by atoms with Crippen LogP contribution in [0, 0.1) is 6.92 Å². The van der Waals surface area contributed by atoms with E-state index in [0.29, 0.717) is 22.7 Å². The number of hydrogen-bond acceptors (Lipinski definition) is 5. The molecule has 0 atom stereocenters. The van der Waals surface area contributed by atoms with Crippen molar-refractivity contribution in [2.24, 2.45) is 0 Å². The van der Waals surface area contributed by atoms with Crippen molar-refractivity contribution >= 4 is 11.6 Å². The number of benzene rings is 1. The van der Waals surface area contributed by atoms with Gasteiger partial charge in [0.2, 0.25) is 5.88 Å². The lowest BCUT2D eigenvalue weighted by atomic mass is 10.1. The molecule has 0 N–H and O–H groups in total. The van der Waals surface area contributed by atoms with E-state index in [1.54, 1.807) is 25.3 Å². The number of carbonyl (C=O) groups excluding carboxylic acids is 1. The molecule has 0 bridgehead atoms. The summed E-state index contributed by atoms with van der Waals surface area (Å²) < 4.78 is 7.32. The van der Waals surface area contributed by atoms with Gasteiger partial charge in [0.25, 0.3) is 11.5 Å². The Bertz CT molecular complexity index is 1080. The molecule has 0 radical (unpaired) electrons. The number of ether oxygens (including phenoxy) is 1. The van der Waals surface area contributed by atoms with E-state index in [9.17, 15) is 9.59 Å². The molecule has 2 aromatic heterocycles. The molecule has 0 saturated carbocycles. The van der Waals surface area contributed by atoms with Crippen LogP contribution < -0.4 is 10.3 Å². The lowest BCUT2D eigenvalue weighted by Gasteiger charge is -2.32. The molecule has 7 nitrogen and oxygen atoms in total. The van der Waals surface area contributed by atoms with Crippen LogP contribution in [-0.4, -0.2) is 58.3 Å². The molecule has 1 amide bonds. The highest BCUT2D eigenvalue weighted by molar-refractivity contribution is 5.94. The number of carbonyl (C=O) groups is 1. The Morgan fingerprint density at radius 2 is 1.79 bits per heavy atom. The van der Waals surface area contributed by atoms with Gasteiger partial charge in [0.1, 0.15) is 12.3 Å². The van der Waals surface area contributed by atoms with Crippen LogP contribution in [0.15, 0.2) is 53.5 Å². The molecule has 0 aliphatic carbocycles. The maximum atomic E-state index is 12.6. The normalized spacial score (nSPS) is 14.9. The summed E-state index contributed by atoms with van der Waals surface area (Å²) in [5.41, 5.74) is 2.46. The Morgan fingerprint density at radius 3 is 2.52 bits per heavy atom. The summed E-state index contributed by atoms with van der Waals surface area (Å²) in [6, 6.07) is 12.8. The molecule has 29 heavy (non-hydrogen) atoms. The van der Waals surface area contributed by atoms with Crippen LogP contribution in [0.25, 0.3) is 5.65 Å². The lowest BCUT2D eigenvalue weighted by Crippen LogP contribution is -2.47. The van der Waals surface area contributed by atoms with E-state index in [4.69, 9.17) is 4.74 Å². The fourth-order valence-electron chi connectivity index (χ4n) is 3.38. The predicted molar refractivity (Wildman–Crippen MR) is 110 cm³/mol. The zero-order valence-electron chi connectivity index (χ0n) is 16.7. The molecule has 3 aromatic rings. The van der Waals surface area contributed by atoms with Crippen molar-refractivity contribution in [1.82, 2.24) is 19.2 Å². The third-order valence-electron chi connectivity index (χ3n) is 5.28. The third-order valence-corrected chi connectivity index (χ3v) is 5.28. The van der Waals surface area contributed by atoms with Gasteiger partial charge in [-0.15, -0.1) is 0 Å². The van der Waals surface area contributed by atoms with Gasteiger partial charge in [0.05, 0.1) is 5.56 Å². The van der Waals surface area contributed by atoms with Crippen molar-refractivity contribution in [1.29, 1.82) is 0 Å². The highest BCUT2D eigenvalue weighted by Crippen LogP contribution is 2.15. The fraction of sp³-hybridized carbons (Fsp3) is 0.318. The van der Waals surface area contributed by atoms with Crippen LogP contribution in [0.3, 0.4) is 0 Å². The third kappa shape index (κ3) is 4.00. The molecule has 4 rings (SSSR count). The lowest BCUT2D eigenvalue weighted by molar-refractivity contribution is 0.0664. The van der Waals surface area contributed by atoms with Gasteiger partial charge in [-0.2, -0.15) is 4.98 Å². The van der Waals surface area contributed by atoms with Crippen LogP contribution in [0.1, 0.15) is 21.5 Å². The van der Waals surface area contributed by atoms with Gasteiger partial charge < -0.3 is 14.5 Å². The molecule has 1 aliphatic rings. The van der Waals surface area contributed by atoms with Crippen LogP contribution in [0.2, 0.25) is 0 Å². The SMILES string of the molecule is Cc1c(OCc2ccc(C(=O)N3CCN(C)CC3)cc2)nc2ccccn2c1=O. The molecule has 1 aromatic carbocycles. The number of hydrogen-bond donors (Lipinski definition) is 0. The molecule has 1 fully saturated rings. The van der Waals surface area contributed by atoms with Crippen LogP contribution >= 0.6 is 0 Å². The van der Waals surface area contributed by atoms with Gasteiger partial charge in [-0.1, -0.05) is 18.2 Å². The largest absolute Gasteiger partial charge is 0.472 e. The maximum absolute atomic E-state index is 12.6. The average molecular weight is 392 g/mol. The Balaban J connectivity index is 1.45. The van der Waals surface area contributed by atoms with E-state index in [-0.39, 0.29) is 18.1 Å². The molecule has 7 heteroatoms. The maximum Gasteiger partial charge on any atom is 0.264 e. The average Bonchev–Trinajstić information content (AvgIpc) is 2.76. The minimum Gasteiger partial charge on any atom is -0.472 e. The first-order valence-corrected chi connectivity index (χ1v) is 9.70. The highest BCUT2D eigenvalue weighted by atomic mass is 16.5. The van der Waals surface area contributed by atoms with Crippen molar-refractivity contribution in [2.45, 2.75) is 13.5 Å². The molecule has 3 heterocycles. The van der Waals surface area contributed by atoms with Gasteiger partial charge in [0.15, 0.2) is 0 Å². The number of amides is 1. The Hall–Kier alpha value is -3.19. The Labute approximate surface area is 169 Å². The number of piperazine rings is 1. The molecule has 150 valence electrons. The first-order chi connectivity index (χ1) is 14.0. The van der Waals surface area contributed by atoms with E-state index >= 15 is 0 Å². The summed E-state index contributed by atoms with van der Waals surface area (Å²) in [6.45, 7) is 5.29. The number of fused-ring (bicyclic) bond motifs is 1. The molecule has 0 spiro atoms. The summed E-state index contributed by atoms with van der Waals surface area (Å²) >= 11 is 0. The second kappa shape index (κ2) is 8.05. The second-order valence-electron chi connectivity index (χ2n) is 7.36. The van der Waals surface area contributed by atoms with Gasteiger partial charge >= 0.3 is 0 Å². The molecule has 0 unspecified atom stereocenters. The fourth-order valence-corrected chi connectivity index (χ4v) is 3.38. The summed E-state index contributed by atoms with van der Waals surface area (Å²) in [6.07, 6.45) is 1.69. The zero-order valence-corrected chi connectivity index (χ0v) is 16.7. The minimum atomic E-state index is -0.140. The number of pyridine rings is 1. The van der Waals surface area contributed by atoms with Crippen LogP contribution in [0.4, 0.5) is 0 Å². The van der Waals surface area contributed by atoms with Crippen molar-refractivity contribution in [3.05, 3.63) is 75.7 Å². The first-order valence-electron chi connectivity index (χ1n) is 9.70. The van der Waals surface area contributed by atoms with Gasteiger partial charge in [-0.3, -0.25) is 14.0 Å². The van der Waals surface area contributed by atoms with Gasteiger partial charge in [-0.25, -0.2) is 0 Å². The summed E-state index contributed by atoms with van der Waals surface area (Å²) in [5, 5.41) is 0. The van der Waals surface area contributed by atoms with E-state index in [0.717, 1.165) is 31.7 Å². The molecular weight excluding hydrogens is 368 g/mol. The topological polar surface area (TPSA) is 67.2 Å². The van der Waals surface area contributed by atoms with Crippen molar-refractivity contribution in [3.63, 3.8) is 0 Å². The van der Waals surface area contributed by atoms with E-state index in [1.807, 2.05) is 35.2 Å². The number of rotatable bonds is 4. The zero-order chi connectivity index (χ0) is 20.4.